The predicted octanol–water partition coefficient (Wildman–Crippen LogP) is 3.16. The fourth-order valence-corrected chi connectivity index (χ4v) is 2.23. The lowest BCUT2D eigenvalue weighted by Crippen LogP contribution is -2.17. The van der Waals surface area contributed by atoms with Crippen molar-refractivity contribution in [1.29, 1.82) is 0 Å². The van der Waals surface area contributed by atoms with Crippen LogP contribution in [0.2, 0.25) is 10.0 Å². The van der Waals surface area contributed by atoms with Gasteiger partial charge in [-0.1, -0.05) is 23.2 Å². The van der Waals surface area contributed by atoms with Crippen molar-refractivity contribution in [1.82, 2.24) is 10.4 Å². The van der Waals surface area contributed by atoms with Crippen molar-refractivity contribution in [2.24, 2.45) is 5.10 Å². The molecule has 1 heterocycles. The Morgan fingerprint density at radius 1 is 1.38 bits per heavy atom. The Morgan fingerprint density at radius 2 is 2.10 bits per heavy atom. The van der Waals surface area contributed by atoms with Gasteiger partial charge in [0.2, 0.25) is 0 Å². The zero-order valence-corrected chi connectivity index (χ0v) is 12.5. The maximum Gasteiger partial charge on any atom is 0.272 e. The van der Waals surface area contributed by atoms with E-state index < -0.39 is 0 Å². The molecule has 0 fully saturated rings. The maximum absolute atomic E-state index is 11.7. The Kier molecular flexibility index (Phi) is 5.14. The average Bonchev–Trinajstić information content (AvgIpc) is 2.48. The van der Waals surface area contributed by atoms with E-state index in [4.69, 9.17) is 27.9 Å². The summed E-state index contributed by atoms with van der Waals surface area (Å²) in [7, 11) is 1.48. The van der Waals surface area contributed by atoms with E-state index in [2.05, 4.69) is 15.5 Å². The van der Waals surface area contributed by atoms with Gasteiger partial charge in [-0.25, -0.2) is 5.43 Å². The van der Waals surface area contributed by atoms with Crippen molar-refractivity contribution < 1.29 is 9.53 Å². The minimum absolute atomic E-state index is 0.356. The molecule has 1 N–H and O–H groups in total. The maximum atomic E-state index is 11.7. The van der Waals surface area contributed by atoms with E-state index in [1.165, 1.54) is 19.5 Å². The van der Waals surface area contributed by atoms with Crippen molar-refractivity contribution in [3.8, 4) is 5.75 Å². The number of methoxy groups -OCH3 is 1. The number of ether oxygens (including phenoxy) is 1. The van der Waals surface area contributed by atoms with Crippen molar-refractivity contribution >= 4 is 35.3 Å². The molecule has 1 aromatic heterocycles. The summed E-state index contributed by atoms with van der Waals surface area (Å²) < 4.78 is 5.05. The van der Waals surface area contributed by atoms with Crippen molar-refractivity contribution in [3.05, 3.63) is 57.8 Å². The molecule has 1 amide bonds. The summed E-state index contributed by atoms with van der Waals surface area (Å²) >= 11 is 12.0. The lowest BCUT2D eigenvalue weighted by molar-refractivity contribution is 0.0955. The standard InChI is InChI=1S/C14H11Cl2N3O2/c1-21-13-11(15)5-9(6-12(13)16)7-18-19-14(20)10-3-2-4-17-8-10/h2-8H,1H3,(H,19,20)/b18-7-. The average molecular weight is 324 g/mol. The third-order valence-corrected chi connectivity index (χ3v) is 3.09. The molecule has 0 bridgehead atoms. The van der Waals surface area contributed by atoms with Gasteiger partial charge in [0.1, 0.15) is 0 Å². The Labute approximate surface area is 131 Å². The van der Waals surface area contributed by atoms with Crippen LogP contribution in [-0.4, -0.2) is 24.2 Å². The number of hydrogen-bond acceptors (Lipinski definition) is 4. The summed E-state index contributed by atoms with van der Waals surface area (Å²) in [6.45, 7) is 0. The summed E-state index contributed by atoms with van der Waals surface area (Å²) in [5, 5.41) is 4.58. The number of carbonyl (C=O) groups excluding carboxylic acids is 1. The molecule has 0 radical (unpaired) electrons. The first-order valence-corrected chi connectivity index (χ1v) is 6.64. The van der Waals surface area contributed by atoms with Crippen LogP contribution in [-0.2, 0) is 0 Å². The fourth-order valence-electron chi connectivity index (χ4n) is 1.58. The largest absolute Gasteiger partial charge is 0.494 e. The molecule has 2 rings (SSSR count). The summed E-state index contributed by atoms with van der Waals surface area (Å²) in [4.78, 5) is 15.6. The number of nitrogens with one attached hydrogen (secondary N) is 1. The molecule has 5 nitrogen and oxygen atoms in total. The highest BCUT2D eigenvalue weighted by atomic mass is 35.5. The van der Waals surface area contributed by atoms with E-state index in [1.54, 1.807) is 30.5 Å². The summed E-state index contributed by atoms with van der Waals surface area (Å²) in [6.07, 6.45) is 4.47. The number of hydrogen-bond donors (Lipinski definition) is 1. The Balaban J connectivity index is 2.07. The second kappa shape index (κ2) is 7.06. The van der Waals surface area contributed by atoms with E-state index in [0.717, 1.165) is 0 Å². The highest BCUT2D eigenvalue weighted by Gasteiger charge is 2.07. The van der Waals surface area contributed by atoms with Crippen molar-refractivity contribution in [2.75, 3.05) is 7.11 Å². The highest BCUT2D eigenvalue weighted by Crippen LogP contribution is 2.33. The molecular weight excluding hydrogens is 313 g/mol. The minimum Gasteiger partial charge on any atom is -0.494 e. The van der Waals surface area contributed by atoms with E-state index in [0.29, 0.717) is 26.9 Å². The lowest BCUT2D eigenvalue weighted by Gasteiger charge is -2.06. The molecule has 0 aliphatic rings. The van der Waals surface area contributed by atoms with Gasteiger partial charge >= 0.3 is 0 Å². The first-order valence-electron chi connectivity index (χ1n) is 5.88. The number of aromatic nitrogens is 1. The number of pyridine rings is 1. The van der Waals surface area contributed by atoms with Gasteiger partial charge in [-0.15, -0.1) is 0 Å². The number of benzene rings is 1. The van der Waals surface area contributed by atoms with Crippen LogP contribution in [0.3, 0.4) is 0 Å². The van der Waals surface area contributed by atoms with E-state index in [-0.39, 0.29) is 5.91 Å². The summed E-state index contributed by atoms with van der Waals surface area (Å²) in [5.41, 5.74) is 3.44. The fraction of sp³-hybridized carbons (Fsp3) is 0.0714. The van der Waals surface area contributed by atoms with Crippen LogP contribution in [0, 0.1) is 0 Å². The van der Waals surface area contributed by atoms with Gasteiger partial charge in [0.15, 0.2) is 5.75 Å². The van der Waals surface area contributed by atoms with E-state index >= 15 is 0 Å². The number of amides is 1. The lowest BCUT2D eigenvalue weighted by atomic mass is 10.2. The number of hydrazone groups is 1. The third kappa shape index (κ3) is 3.93. The van der Waals surface area contributed by atoms with Crippen LogP contribution in [0.15, 0.2) is 41.8 Å². The molecule has 0 saturated carbocycles. The SMILES string of the molecule is COc1c(Cl)cc(/C=N\NC(=O)c2cccnc2)cc1Cl. The van der Waals surface area contributed by atoms with Gasteiger partial charge in [0.25, 0.3) is 5.91 Å². The highest BCUT2D eigenvalue weighted by molar-refractivity contribution is 6.37. The predicted molar refractivity (Wildman–Crippen MR) is 82.3 cm³/mol. The molecule has 21 heavy (non-hydrogen) atoms. The van der Waals surface area contributed by atoms with Crippen LogP contribution in [0.5, 0.6) is 5.75 Å². The van der Waals surface area contributed by atoms with Gasteiger partial charge < -0.3 is 4.74 Å². The van der Waals surface area contributed by atoms with Crippen LogP contribution < -0.4 is 10.2 Å². The van der Waals surface area contributed by atoms with Crippen LogP contribution in [0.25, 0.3) is 0 Å². The molecule has 7 heteroatoms. The molecule has 0 aliphatic carbocycles. The number of halogens is 2. The Morgan fingerprint density at radius 3 is 2.67 bits per heavy atom. The molecule has 0 aliphatic heterocycles. The third-order valence-electron chi connectivity index (χ3n) is 2.53. The summed E-state index contributed by atoms with van der Waals surface area (Å²) in [5.74, 6) is 0.0416. The van der Waals surface area contributed by atoms with Gasteiger partial charge in [-0.2, -0.15) is 5.10 Å². The van der Waals surface area contributed by atoms with Crippen LogP contribution in [0.1, 0.15) is 15.9 Å². The molecule has 0 atom stereocenters. The first-order chi connectivity index (χ1) is 10.1. The number of nitrogens with zero attached hydrogens (tertiary/aromatic N) is 2. The zero-order chi connectivity index (χ0) is 15.2. The summed E-state index contributed by atoms with van der Waals surface area (Å²) in [6, 6.07) is 6.57. The van der Waals surface area contributed by atoms with Crippen LogP contribution in [0.4, 0.5) is 0 Å². The van der Waals surface area contributed by atoms with Gasteiger partial charge in [-0.05, 0) is 29.8 Å². The van der Waals surface area contributed by atoms with Gasteiger partial charge in [-0.3, -0.25) is 9.78 Å². The van der Waals surface area contributed by atoms with Crippen molar-refractivity contribution in [3.63, 3.8) is 0 Å². The number of rotatable bonds is 4. The normalized spacial score (nSPS) is 10.6. The quantitative estimate of drug-likeness (QED) is 0.694. The first kappa shape index (κ1) is 15.3. The second-order valence-corrected chi connectivity index (χ2v) is 4.77. The van der Waals surface area contributed by atoms with Crippen LogP contribution >= 0.6 is 23.2 Å². The Hall–Kier alpha value is -2.11. The minimum atomic E-state index is -0.356. The van der Waals surface area contributed by atoms with E-state index in [1.807, 2.05) is 0 Å². The number of carbonyl (C=O) groups is 1. The second-order valence-electron chi connectivity index (χ2n) is 3.96. The molecular formula is C14H11Cl2N3O2. The van der Waals surface area contributed by atoms with Gasteiger partial charge in [0, 0.05) is 12.4 Å². The molecule has 1 aromatic carbocycles. The molecule has 0 spiro atoms. The smallest absolute Gasteiger partial charge is 0.272 e. The molecule has 0 saturated heterocycles. The molecule has 2 aromatic rings. The van der Waals surface area contributed by atoms with E-state index in [9.17, 15) is 4.79 Å². The zero-order valence-electron chi connectivity index (χ0n) is 11.0. The van der Waals surface area contributed by atoms with Gasteiger partial charge in [0.05, 0.1) is 28.9 Å². The molecule has 0 unspecified atom stereocenters. The Bertz CT molecular complexity index is 652. The monoisotopic (exact) mass is 323 g/mol. The van der Waals surface area contributed by atoms with Crippen molar-refractivity contribution in [2.45, 2.75) is 0 Å². The topological polar surface area (TPSA) is 63.6 Å². The molecule has 108 valence electrons.